The van der Waals surface area contributed by atoms with Crippen molar-refractivity contribution >= 4 is 5.97 Å². The Morgan fingerprint density at radius 1 is 1.27 bits per heavy atom. The highest BCUT2D eigenvalue weighted by atomic mass is 16.5. The first-order valence-corrected chi connectivity index (χ1v) is 6.74. The summed E-state index contributed by atoms with van der Waals surface area (Å²) in [7, 11) is 0. The summed E-state index contributed by atoms with van der Waals surface area (Å²) in [6.07, 6.45) is 5.39. The highest BCUT2D eigenvalue weighted by molar-refractivity contribution is 5.72. The van der Waals surface area contributed by atoms with Gasteiger partial charge in [-0.1, -0.05) is 0 Å². The van der Waals surface area contributed by atoms with E-state index in [4.69, 9.17) is 4.74 Å². The fourth-order valence-corrected chi connectivity index (χ4v) is 1.92. The molecule has 0 atom stereocenters. The molecule has 8 heteroatoms. The van der Waals surface area contributed by atoms with Crippen molar-refractivity contribution in [1.82, 2.24) is 30.0 Å². The lowest BCUT2D eigenvalue weighted by molar-refractivity contribution is -0.134. The van der Waals surface area contributed by atoms with Crippen molar-refractivity contribution in [2.45, 2.75) is 19.9 Å². The number of aromatic nitrogens is 6. The molecule has 0 spiro atoms. The van der Waals surface area contributed by atoms with Crippen LogP contribution < -0.4 is 4.74 Å². The van der Waals surface area contributed by atoms with Crippen molar-refractivity contribution in [3.8, 4) is 11.4 Å². The maximum absolute atomic E-state index is 11.8. The number of ether oxygens (including phenoxy) is 1. The van der Waals surface area contributed by atoms with E-state index in [2.05, 4.69) is 20.6 Å². The van der Waals surface area contributed by atoms with Crippen molar-refractivity contribution < 1.29 is 9.53 Å². The Kier molecular flexibility index (Phi) is 3.90. The zero-order valence-electron chi connectivity index (χ0n) is 12.0. The maximum Gasteiger partial charge on any atom is 0.313 e. The molecule has 8 nitrogen and oxygen atoms in total. The van der Waals surface area contributed by atoms with Gasteiger partial charge in [-0.2, -0.15) is 5.10 Å². The molecule has 0 saturated heterocycles. The second-order valence-electron chi connectivity index (χ2n) is 4.75. The minimum atomic E-state index is -0.302. The third-order valence-electron chi connectivity index (χ3n) is 2.99. The van der Waals surface area contributed by atoms with Crippen LogP contribution in [0.15, 0.2) is 43.0 Å². The number of hydrogen-bond acceptors (Lipinski definition) is 6. The number of hydrogen-bond donors (Lipinski definition) is 0. The van der Waals surface area contributed by atoms with E-state index in [9.17, 15) is 4.79 Å². The van der Waals surface area contributed by atoms with Crippen LogP contribution in [-0.2, 0) is 11.3 Å². The van der Waals surface area contributed by atoms with Gasteiger partial charge in [-0.25, -0.2) is 4.68 Å². The topological polar surface area (TPSA) is 87.7 Å². The van der Waals surface area contributed by atoms with Gasteiger partial charge in [0.25, 0.3) is 0 Å². The molecule has 2 aromatic heterocycles. The van der Waals surface area contributed by atoms with E-state index < -0.39 is 0 Å². The van der Waals surface area contributed by atoms with Gasteiger partial charge in [0.2, 0.25) is 0 Å². The van der Waals surface area contributed by atoms with Gasteiger partial charge in [0.05, 0.1) is 24.8 Å². The molecule has 0 aliphatic rings. The van der Waals surface area contributed by atoms with Gasteiger partial charge in [-0.3, -0.25) is 9.48 Å². The van der Waals surface area contributed by atoms with Crippen LogP contribution >= 0.6 is 0 Å². The smallest absolute Gasteiger partial charge is 0.313 e. The Morgan fingerprint density at radius 2 is 2.09 bits per heavy atom. The molecule has 0 radical (unpaired) electrons. The Balaban J connectivity index is 1.55. The molecule has 0 bridgehead atoms. The number of esters is 1. The molecular formula is C14H14N6O2. The van der Waals surface area contributed by atoms with Gasteiger partial charge in [-0.05, 0) is 47.2 Å². The van der Waals surface area contributed by atoms with Crippen molar-refractivity contribution in [3.63, 3.8) is 0 Å². The summed E-state index contributed by atoms with van der Waals surface area (Å²) in [6.45, 7) is 2.45. The van der Waals surface area contributed by atoms with Crippen molar-refractivity contribution in [2.24, 2.45) is 0 Å². The number of rotatable bonds is 5. The predicted octanol–water partition coefficient (Wildman–Crippen LogP) is 1.16. The maximum atomic E-state index is 11.8. The van der Waals surface area contributed by atoms with Crippen LogP contribution in [0.4, 0.5) is 0 Å². The third-order valence-corrected chi connectivity index (χ3v) is 2.99. The van der Waals surface area contributed by atoms with E-state index in [0.29, 0.717) is 12.3 Å². The molecule has 1 aromatic carbocycles. The highest BCUT2D eigenvalue weighted by Crippen LogP contribution is 2.15. The van der Waals surface area contributed by atoms with Crippen molar-refractivity contribution in [3.05, 3.63) is 48.5 Å². The monoisotopic (exact) mass is 298 g/mol. The molecule has 0 N–H and O–H groups in total. The zero-order chi connectivity index (χ0) is 15.4. The molecule has 0 saturated carbocycles. The summed E-state index contributed by atoms with van der Waals surface area (Å²) in [5.41, 5.74) is 1.85. The standard InChI is InChI=1S/C14H14N6O2/c1-11-8-16-19(9-11)7-6-14(21)22-13-4-2-12(3-5-13)20-10-15-17-18-20/h2-5,8-10H,6-7H2,1H3. The number of nitrogens with zero attached hydrogens (tertiary/aromatic N) is 6. The average Bonchev–Trinajstić information content (AvgIpc) is 3.17. The lowest BCUT2D eigenvalue weighted by Crippen LogP contribution is -2.12. The average molecular weight is 298 g/mol. The molecule has 0 aliphatic heterocycles. The van der Waals surface area contributed by atoms with Gasteiger partial charge >= 0.3 is 5.97 Å². The molecule has 0 amide bonds. The summed E-state index contributed by atoms with van der Waals surface area (Å²) in [5, 5.41) is 15.0. The molecule has 2 heterocycles. The normalized spacial score (nSPS) is 10.6. The second kappa shape index (κ2) is 6.17. The molecule has 3 rings (SSSR count). The summed E-state index contributed by atoms with van der Waals surface area (Å²) >= 11 is 0. The van der Waals surface area contributed by atoms with Crippen molar-refractivity contribution in [2.75, 3.05) is 0 Å². The van der Waals surface area contributed by atoms with Gasteiger partial charge in [-0.15, -0.1) is 5.10 Å². The summed E-state index contributed by atoms with van der Waals surface area (Å²) in [5.74, 6) is 0.182. The lowest BCUT2D eigenvalue weighted by atomic mass is 10.3. The Bertz CT molecular complexity index is 748. The predicted molar refractivity (Wildman–Crippen MR) is 76.4 cm³/mol. The molecule has 0 fully saturated rings. The van der Waals surface area contributed by atoms with Gasteiger partial charge in [0, 0.05) is 6.20 Å². The summed E-state index contributed by atoms with van der Waals surface area (Å²) in [6, 6.07) is 6.95. The van der Waals surface area contributed by atoms with E-state index in [1.165, 1.54) is 11.0 Å². The number of aryl methyl sites for hydroxylation is 2. The quantitative estimate of drug-likeness (QED) is 0.519. The molecule has 22 heavy (non-hydrogen) atoms. The lowest BCUT2D eigenvalue weighted by Gasteiger charge is -2.05. The number of tetrazole rings is 1. The number of carbonyl (C=O) groups is 1. The minimum absolute atomic E-state index is 0.260. The summed E-state index contributed by atoms with van der Waals surface area (Å²) in [4.78, 5) is 11.8. The fourth-order valence-electron chi connectivity index (χ4n) is 1.92. The first-order valence-electron chi connectivity index (χ1n) is 6.74. The molecule has 112 valence electrons. The van der Waals surface area contributed by atoms with Crippen LogP contribution in [0.3, 0.4) is 0 Å². The van der Waals surface area contributed by atoms with Crippen LogP contribution in [0, 0.1) is 6.92 Å². The zero-order valence-corrected chi connectivity index (χ0v) is 12.0. The van der Waals surface area contributed by atoms with Gasteiger partial charge in [0.1, 0.15) is 12.1 Å². The minimum Gasteiger partial charge on any atom is -0.426 e. The van der Waals surface area contributed by atoms with Crippen LogP contribution in [0.1, 0.15) is 12.0 Å². The Hall–Kier alpha value is -3.03. The Morgan fingerprint density at radius 3 is 2.73 bits per heavy atom. The van der Waals surface area contributed by atoms with E-state index >= 15 is 0 Å². The molecule has 0 unspecified atom stereocenters. The first-order chi connectivity index (χ1) is 10.7. The van der Waals surface area contributed by atoms with Crippen LogP contribution in [0.2, 0.25) is 0 Å². The van der Waals surface area contributed by atoms with E-state index in [1.807, 2.05) is 13.1 Å². The van der Waals surface area contributed by atoms with E-state index in [0.717, 1.165) is 11.3 Å². The van der Waals surface area contributed by atoms with Gasteiger partial charge in [0.15, 0.2) is 0 Å². The first kappa shape index (κ1) is 13.9. The number of carbonyl (C=O) groups excluding carboxylic acids is 1. The van der Waals surface area contributed by atoms with E-state index in [-0.39, 0.29) is 12.4 Å². The van der Waals surface area contributed by atoms with Gasteiger partial charge < -0.3 is 4.74 Å². The SMILES string of the molecule is Cc1cnn(CCC(=O)Oc2ccc(-n3cnnn3)cc2)c1. The second-order valence-corrected chi connectivity index (χ2v) is 4.75. The largest absolute Gasteiger partial charge is 0.426 e. The molecule has 3 aromatic rings. The van der Waals surface area contributed by atoms with Crippen LogP contribution in [0.25, 0.3) is 5.69 Å². The molecule has 0 aliphatic carbocycles. The van der Waals surface area contributed by atoms with Crippen molar-refractivity contribution in [1.29, 1.82) is 0 Å². The van der Waals surface area contributed by atoms with Crippen LogP contribution in [0.5, 0.6) is 5.75 Å². The summed E-state index contributed by atoms with van der Waals surface area (Å²) < 4.78 is 8.51. The van der Waals surface area contributed by atoms with E-state index in [1.54, 1.807) is 35.1 Å². The Labute approximate surface area is 126 Å². The number of benzene rings is 1. The van der Waals surface area contributed by atoms with Crippen LogP contribution in [-0.4, -0.2) is 36.0 Å². The molecular weight excluding hydrogens is 284 g/mol. The third kappa shape index (κ3) is 3.35. The fraction of sp³-hybridized carbons (Fsp3) is 0.214. The highest BCUT2D eigenvalue weighted by Gasteiger charge is 2.06.